The SMILES string of the molecule is C[C@@H]1CCCCN1C(=O)CN1C(=O)N[C@@](C)(CCc2ccccc2)C1=O. The van der Waals surface area contributed by atoms with Crippen LogP contribution in [0.1, 0.15) is 45.1 Å². The second kappa shape index (κ2) is 7.48. The minimum atomic E-state index is -0.958. The van der Waals surface area contributed by atoms with Crippen LogP contribution in [-0.4, -0.2) is 52.3 Å². The number of carbonyl (C=O) groups is 3. The van der Waals surface area contributed by atoms with Crippen molar-refractivity contribution in [2.75, 3.05) is 13.1 Å². The summed E-state index contributed by atoms with van der Waals surface area (Å²) in [5.74, 6) is -0.454. The predicted octanol–water partition coefficient (Wildman–Crippen LogP) is 2.33. The summed E-state index contributed by atoms with van der Waals surface area (Å²) in [5, 5.41) is 2.79. The van der Waals surface area contributed by atoms with E-state index in [4.69, 9.17) is 0 Å². The van der Waals surface area contributed by atoms with E-state index in [2.05, 4.69) is 5.32 Å². The minimum Gasteiger partial charge on any atom is -0.338 e. The van der Waals surface area contributed by atoms with Gasteiger partial charge in [-0.05, 0) is 51.5 Å². The first-order valence-electron chi connectivity index (χ1n) is 9.38. The lowest BCUT2D eigenvalue weighted by molar-refractivity contribution is -0.140. The van der Waals surface area contributed by atoms with Crippen LogP contribution in [0, 0.1) is 0 Å². The van der Waals surface area contributed by atoms with E-state index in [1.54, 1.807) is 11.8 Å². The van der Waals surface area contributed by atoms with E-state index in [1.807, 2.05) is 37.3 Å². The maximum Gasteiger partial charge on any atom is 0.325 e. The van der Waals surface area contributed by atoms with Crippen molar-refractivity contribution in [3.05, 3.63) is 35.9 Å². The Bertz CT molecular complexity index is 691. The summed E-state index contributed by atoms with van der Waals surface area (Å²) in [4.78, 5) is 40.6. The van der Waals surface area contributed by atoms with Crippen molar-refractivity contribution in [3.8, 4) is 0 Å². The van der Waals surface area contributed by atoms with Gasteiger partial charge in [0.05, 0.1) is 0 Å². The number of urea groups is 1. The molecule has 3 rings (SSSR count). The average Bonchev–Trinajstić information content (AvgIpc) is 2.85. The standard InChI is InChI=1S/C20H27N3O3/c1-15-8-6-7-13-22(15)17(24)14-23-18(25)20(2,21-19(23)26)12-11-16-9-4-3-5-10-16/h3-5,9-10,15H,6-8,11-14H2,1-2H3,(H,21,26)/t15-,20+/m1/s1. The summed E-state index contributed by atoms with van der Waals surface area (Å²) in [6.45, 7) is 4.29. The number of likely N-dealkylation sites (tertiary alicyclic amines) is 1. The van der Waals surface area contributed by atoms with Crippen molar-refractivity contribution in [2.45, 2.75) is 57.5 Å². The zero-order chi connectivity index (χ0) is 18.7. The molecule has 4 amide bonds. The molecular formula is C20H27N3O3. The van der Waals surface area contributed by atoms with E-state index in [1.165, 1.54) is 0 Å². The van der Waals surface area contributed by atoms with Crippen molar-refractivity contribution in [2.24, 2.45) is 0 Å². The van der Waals surface area contributed by atoms with Crippen LogP contribution in [0.3, 0.4) is 0 Å². The Morgan fingerprint density at radius 2 is 1.96 bits per heavy atom. The van der Waals surface area contributed by atoms with E-state index in [9.17, 15) is 14.4 Å². The average molecular weight is 357 g/mol. The Balaban J connectivity index is 1.63. The number of hydrogen-bond donors (Lipinski definition) is 1. The van der Waals surface area contributed by atoms with Gasteiger partial charge >= 0.3 is 6.03 Å². The molecule has 2 aliphatic rings. The summed E-state index contributed by atoms with van der Waals surface area (Å²) in [6.07, 6.45) is 4.26. The second-order valence-corrected chi connectivity index (χ2v) is 7.57. The molecule has 1 aromatic rings. The third-order valence-corrected chi connectivity index (χ3v) is 5.52. The topological polar surface area (TPSA) is 69.7 Å². The monoisotopic (exact) mass is 357 g/mol. The lowest BCUT2D eigenvalue weighted by Crippen LogP contribution is -2.49. The summed E-state index contributed by atoms with van der Waals surface area (Å²) in [6, 6.07) is 9.57. The number of rotatable bonds is 5. The van der Waals surface area contributed by atoms with Crippen LogP contribution < -0.4 is 5.32 Å². The fraction of sp³-hybridized carbons (Fsp3) is 0.550. The first-order chi connectivity index (χ1) is 12.4. The van der Waals surface area contributed by atoms with Crippen molar-refractivity contribution in [1.82, 2.24) is 15.1 Å². The van der Waals surface area contributed by atoms with Crippen LogP contribution in [-0.2, 0) is 16.0 Å². The zero-order valence-electron chi connectivity index (χ0n) is 15.5. The van der Waals surface area contributed by atoms with Crippen molar-refractivity contribution < 1.29 is 14.4 Å². The molecule has 2 saturated heterocycles. The number of hydrogen-bond acceptors (Lipinski definition) is 3. The second-order valence-electron chi connectivity index (χ2n) is 7.57. The molecule has 6 nitrogen and oxygen atoms in total. The number of aryl methyl sites for hydroxylation is 1. The Kier molecular flexibility index (Phi) is 5.30. The zero-order valence-corrected chi connectivity index (χ0v) is 15.5. The maximum absolute atomic E-state index is 12.8. The van der Waals surface area contributed by atoms with Crippen LogP contribution in [0.5, 0.6) is 0 Å². The van der Waals surface area contributed by atoms with Crippen LogP contribution in [0.2, 0.25) is 0 Å². The van der Waals surface area contributed by atoms with Gasteiger partial charge in [0.25, 0.3) is 5.91 Å². The lowest BCUT2D eigenvalue weighted by Gasteiger charge is -2.34. The predicted molar refractivity (Wildman–Crippen MR) is 98.4 cm³/mol. The molecule has 1 N–H and O–H groups in total. The summed E-state index contributed by atoms with van der Waals surface area (Å²) < 4.78 is 0. The first kappa shape index (κ1) is 18.4. The maximum atomic E-state index is 12.8. The summed E-state index contributed by atoms with van der Waals surface area (Å²) >= 11 is 0. The van der Waals surface area contributed by atoms with Crippen LogP contribution >= 0.6 is 0 Å². The molecule has 0 saturated carbocycles. The van der Waals surface area contributed by atoms with Crippen LogP contribution in [0.15, 0.2) is 30.3 Å². The molecule has 2 heterocycles. The Morgan fingerprint density at radius 3 is 2.65 bits per heavy atom. The Hall–Kier alpha value is -2.37. The Labute approximate surface area is 154 Å². The van der Waals surface area contributed by atoms with Gasteiger partial charge in [-0.3, -0.25) is 14.5 Å². The van der Waals surface area contributed by atoms with E-state index in [0.717, 1.165) is 29.7 Å². The lowest BCUT2D eigenvalue weighted by atomic mass is 9.93. The number of benzene rings is 1. The van der Waals surface area contributed by atoms with E-state index in [0.29, 0.717) is 19.4 Å². The molecule has 0 bridgehead atoms. The van der Waals surface area contributed by atoms with Crippen molar-refractivity contribution in [1.29, 1.82) is 0 Å². The number of nitrogens with one attached hydrogen (secondary N) is 1. The fourth-order valence-electron chi connectivity index (χ4n) is 3.79. The third-order valence-electron chi connectivity index (χ3n) is 5.52. The van der Waals surface area contributed by atoms with Gasteiger partial charge in [-0.15, -0.1) is 0 Å². The summed E-state index contributed by atoms with van der Waals surface area (Å²) in [7, 11) is 0. The van der Waals surface area contributed by atoms with Crippen molar-refractivity contribution in [3.63, 3.8) is 0 Å². The molecule has 2 atom stereocenters. The van der Waals surface area contributed by atoms with Crippen molar-refractivity contribution >= 4 is 17.8 Å². The van der Waals surface area contributed by atoms with Gasteiger partial charge in [0.2, 0.25) is 5.91 Å². The van der Waals surface area contributed by atoms with Crippen LogP contribution in [0.4, 0.5) is 4.79 Å². The number of amides is 4. The van der Waals surface area contributed by atoms with Gasteiger partial charge in [-0.1, -0.05) is 30.3 Å². The van der Waals surface area contributed by atoms with E-state index < -0.39 is 11.6 Å². The molecule has 0 radical (unpaired) electrons. The van der Waals surface area contributed by atoms with Gasteiger partial charge < -0.3 is 10.2 Å². The molecule has 140 valence electrons. The molecule has 2 aliphatic heterocycles. The normalized spacial score (nSPS) is 26.2. The molecule has 0 aliphatic carbocycles. The van der Waals surface area contributed by atoms with E-state index >= 15 is 0 Å². The third kappa shape index (κ3) is 3.74. The van der Waals surface area contributed by atoms with Gasteiger partial charge in [-0.25, -0.2) is 4.79 Å². The molecule has 0 aromatic heterocycles. The quantitative estimate of drug-likeness (QED) is 0.822. The molecule has 0 spiro atoms. The number of piperidine rings is 1. The largest absolute Gasteiger partial charge is 0.338 e. The molecule has 1 aromatic carbocycles. The molecule has 2 fully saturated rings. The van der Waals surface area contributed by atoms with Gasteiger partial charge in [0, 0.05) is 12.6 Å². The highest BCUT2D eigenvalue weighted by Gasteiger charge is 2.48. The van der Waals surface area contributed by atoms with Gasteiger partial charge in [0.1, 0.15) is 12.1 Å². The van der Waals surface area contributed by atoms with Gasteiger partial charge in [-0.2, -0.15) is 0 Å². The molecule has 0 unspecified atom stereocenters. The Morgan fingerprint density at radius 1 is 1.23 bits per heavy atom. The molecular weight excluding hydrogens is 330 g/mol. The van der Waals surface area contributed by atoms with Crippen LogP contribution in [0.25, 0.3) is 0 Å². The summed E-state index contributed by atoms with van der Waals surface area (Å²) in [5.41, 5.74) is 0.160. The smallest absolute Gasteiger partial charge is 0.325 e. The number of carbonyl (C=O) groups excluding carboxylic acids is 3. The molecule has 26 heavy (non-hydrogen) atoms. The minimum absolute atomic E-state index is 0.145. The number of imide groups is 1. The fourth-order valence-corrected chi connectivity index (χ4v) is 3.79. The molecule has 6 heteroatoms. The van der Waals surface area contributed by atoms with E-state index in [-0.39, 0.29) is 24.4 Å². The highest BCUT2D eigenvalue weighted by Crippen LogP contribution is 2.24. The van der Waals surface area contributed by atoms with Gasteiger partial charge in [0.15, 0.2) is 0 Å². The highest BCUT2D eigenvalue weighted by molar-refractivity contribution is 6.08. The first-order valence-corrected chi connectivity index (χ1v) is 9.38. The highest BCUT2D eigenvalue weighted by atomic mass is 16.2. The number of nitrogens with zero attached hydrogens (tertiary/aromatic N) is 2.